The molecule has 0 aromatic carbocycles. The Morgan fingerprint density at radius 3 is 1.22 bits per heavy atom. The van der Waals surface area contributed by atoms with Crippen molar-refractivity contribution < 1.29 is 0 Å². The smallest absolute Gasteiger partial charge is 0.00844 e. The molecule has 49 heavy (non-hydrogen) atoms. The van der Waals surface area contributed by atoms with Gasteiger partial charge < -0.3 is 36.8 Å². The fourth-order valence-corrected chi connectivity index (χ4v) is 11.8. The third-order valence-corrected chi connectivity index (χ3v) is 15.3. The lowest BCUT2D eigenvalue weighted by molar-refractivity contribution is 0.0876. The molecule has 0 aromatic heterocycles. The molecule has 6 N–H and O–H groups in total. The Hall–Kier alpha value is -0.280. The minimum Gasteiger partial charge on any atom is -0.317 e. The van der Waals surface area contributed by atoms with E-state index in [9.17, 15) is 0 Å². The molecule has 10 bridgehead atoms. The SMILES string of the molecule is C1CC2CC(C1)N2.C1CC2CC1CN2.C1CC2CCC(C1)N2.C1CC2CNCC1C2.C1C[C@@H]2C[C@H]1CN2.CN1CCC2(CCNCC2)CC1. The van der Waals surface area contributed by atoms with Crippen LogP contribution in [-0.4, -0.2) is 101 Å². The molecule has 0 amide bonds. The van der Waals surface area contributed by atoms with Crippen LogP contribution in [0.1, 0.15) is 141 Å². The number of rotatable bonds is 0. The van der Waals surface area contributed by atoms with Crippen molar-refractivity contribution in [1.82, 2.24) is 36.8 Å². The van der Waals surface area contributed by atoms with E-state index in [1.54, 1.807) is 0 Å². The zero-order valence-corrected chi connectivity index (χ0v) is 31.9. The summed E-state index contributed by atoms with van der Waals surface area (Å²) in [6.45, 7) is 10.4. The van der Waals surface area contributed by atoms with Gasteiger partial charge in [0.15, 0.2) is 0 Å². The topological polar surface area (TPSA) is 75.4 Å². The van der Waals surface area contributed by atoms with Crippen molar-refractivity contribution in [2.45, 2.75) is 178 Å². The van der Waals surface area contributed by atoms with Gasteiger partial charge in [0.05, 0.1) is 0 Å². The van der Waals surface area contributed by atoms with Crippen LogP contribution in [-0.2, 0) is 0 Å². The maximum absolute atomic E-state index is 3.59. The summed E-state index contributed by atoms with van der Waals surface area (Å²) >= 11 is 0. The first kappa shape index (κ1) is 37.1. The summed E-state index contributed by atoms with van der Waals surface area (Å²) in [5.41, 5.74) is 0.734. The van der Waals surface area contributed by atoms with Crippen LogP contribution in [0.5, 0.6) is 0 Å². The van der Waals surface area contributed by atoms with Crippen molar-refractivity contribution in [3.05, 3.63) is 0 Å². The summed E-state index contributed by atoms with van der Waals surface area (Å²) in [5, 5.41) is 20.9. The predicted molar refractivity (Wildman–Crippen MR) is 206 cm³/mol. The number of fused-ring (bicyclic) bond motifs is 10. The Balaban J connectivity index is 0.0000000936. The Kier molecular flexibility index (Phi) is 14.1. The van der Waals surface area contributed by atoms with Crippen molar-refractivity contribution in [3.8, 4) is 0 Å². The standard InChI is InChI=1S/C10H20N2.2C7H13N.3C6H11N/c1-12-8-4-10(5-9-12)2-6-11-7-3-10;1-2-7-3-6(1)4-8-5-7;1-2-6-4-5-7(3-1)8-6;2*1-2-6-3-5(1)4-7-6;1-2-5-4-6(3-1)7-5/h11H,2-9H2,1H3;2*6-8H,1-5H2;3*5-7H,1-4H2/t;;;5-,6+;;/m...0../s1. The summed E-state index contributed by atoms with van der Waals surface area (Å²) in [4.78, 5) is 2.47. The van der Waals surface area contributed by atoms with Gasteiger partial charge in [-0.1, -0.05) is 12.8 Å². The highest BCUT2D eigenvalue weighted by atomic mass is 15.1. The van der Waals surface area contributed by atoms with Crippen molar-refractivity contribution in [2.75, 3.05) is 59.4 Å². The maximum Gasteiger partial charge on any atom is 0.00844 e. The second kappa shape index (κ2) is 18.7. The maximum atomic E-state index is 3.59. The highest BCUT2D eigenvalue weighted by Gasteiger charge is 2.35. The van der Waals surface area contributed by atoms with Gasteiger partial charge in [0.25, 0.3) is 0 Å². The van der Waals surface area contributed by atoms with Crippen molar-refractivity contribution in [1.29, 1.82) is 0 Å². The third kappa shape index (κ3) is 11.4. The van der Waals surface area contributed by atoms with E-state index in [4.69, 9.17) is 0 Å². The molecule has 10 atom stereocenters. The van der Waals surface area contributed by atoms with Gasteiger partial charge in [-0.2, -0.15) is 0 Å². The number of hydrogen-bond donors (Lipinski definition) is 6. The molecule has 9 saturated heterocycles. The third-order valence-electron chi connectivity index (χ3n) is 15.3. The van der Waals surface area contributed by atoms with E-state index in [0.29, 0.717) is 0 Å². The molecule has 9 heterocycles. The lowest BCUT2D eigenvalue weighted by Crippen LogP contribution is -2.55. The molecule has 13 aliphatic rings. The molecule has 7 heteroatoms. The summed E-state index contributed by atoms with van der Waals surface area (Å²) in [5.74, 6) is 4.22. The molecule has 1 spiro atoms. The van der Waals surface area contributed by atoms with Crippen LogP contribution in [0.2, 0.25) is 0 Å². The lowest BCUT2D eigenvalue weighted by Gasteiger charge is -2.43. The van der Waals surface area contributed by atoms with Crippen LogP contribution in [0.25, 0.3) is 0 Å². The minimum absolute atomic E-state index is 0.734. The molecule has 13 fully saturated rings. The van der Waals surface area contributed by atoms with E-state index < -0.39 is 0 Å². The molecule has 13 rings (SSSR count). The minimum atomic E-state index is 0.734. The molecule has 4 aliphatic carbocycles. The Bertz CT molecular complexity index is 816. The first-order chi connectivity index (χ1) is 24.1. The van der Waals surface area contributed by atoms with Crippen LogP contribution in [0.15, 0.2) is 0 Å². The van der Waals surface area contributed by atoms with Crippen LogP contribution in [0, 0.1) is 29.1 Å². The zero-order valence-electron chi connectivity index (χ0n) is 31.9. The summed E-state index contributed by atoms with van der Waals surface area (Å²) in [6, 6.07) is 5.52. The second-order valence-electron chi connectivity index (χ2n) is 19.1. The highest BCUT2D eigenvalue weighted by molar-refractivity contribution is 4.93. The zero-order chi connectivity index (χ0) is 33.3. The van der Waals surface area contributed by atoms with E-state index in [2.05, 4.69) is 43.8 Å². The predicted octanol–water partition coefficient (Wildman–Crippen LogP) is 5.80. The van der Waals surface area contributed by atoms with Gasteiger partial charge in [-0.25, -0.2) is 0 Å². The summed E-state index contributed by atoms with van der Waals surface area (Å²) in [7, 11) is 2.24. The molecular weight excluding hydrogens is 603 g/mol. The second-order valence-corrected chi connectivity index (χ2v) is 19.1. The molecule has 7 nitrogen and oxygen atoms in total. The number of piperidine rings is 7. The van der Waals surface area contributed by atoms with Crippen molar-refractivity contribution in [2.24, 2.45) is 29.1 Å². The fraction of sp³-hybridized carbons (Fsp3) is 1.00. The normalized spacial score (nSPS) is 42.8. The molecule has 0 radical (unpaired) electrons. The summed E-state index contributed by atoms with van der Waals surface area (Å²) < 4.78 is 0. The molecule has 9 aliphatic heterocycles. The first-order valence-electron chi connectivity index (χ1n) is 22.1. The average Bonchev–Trinajstić information content (AvgIpc) is 4.03. The molecule has 4 saturated carbocycles. The highest BCUT2D eigenvalue weighted by Crippen LogP contribution is 2.39. The first-order valence-corrected chi connectivity index (χ1v) is 22.1. The number of nitrogens with zero attached hydrogens (tertiary/aromatic N) is 1. The average molecular weight is 682 g/mol. The van der Waals surface area contributed by atoms with Gasteiger partial charge in [0.2, 0.25) is 0 Å². The fourth-order valence-electron chi connectivity index (χ4n) is 11.8. The molecule has 0 aromatic rings. The number of hydrogen-bond acceptors (Lipinski definition) is 7. The van der Waals surface area contributed by atoms with Gasteiger partial charge in [0, 0.05) is 36.3 Å². The van der Waals surface area contributed by atoms with Gasteiger partial charge in [0.1, 0.15) is 0 Å². The number of likely N-dealkylation sites (tertiary alicyclic amines) is 1. The van der Waals surface area contributed by atoms with Crippen LogP contribution < -0.4 is 31.9 Å². The van der Waals surface area contributed by atoms with E-state index in [0.717, 1.165) is 65.3 Å². The van der Waals surface area contributed by atoms with Crippen molar-refractivity contribution in [3.63, 3.8) is 0 Å². The monoisotopic (exact) mass is 682 g/mol. The number of nitrogens with one attached hydrogen (secondary N) is 6. The quantitative estimate of drug-likeness (QED) is 0.193. The van der Waals surface area contributed by atoms with Gasteiger partial charge in [-0.3, -0.25) is 0 Å². The van der Waals surface area contributed by atoms with Gasteiger partial charge in [-0.05, 0) is 217 Å². The van der Waals surface area contributed by atoms with Crippen LogP contribution in [0.4, 0.5) is 0 Å². The Labute approximate surface area is 302 Å². The summed E-state index contributed by atoms with van der Waals surface area (Å²) in [6.07, 6.45) is 32.1. The van der Waals surface area contributed by atoms with E-state index in [1.807, 2.05) is 0 Å². The lowest BCUT2D eigenvalue weighted by atomic mass is 9.72. The Morgan fingerprint density at radius 2 is 0.878 bits per heavy atom. The van der Waals surface area contributed by atoms with Gasteiger partial charge >= 0.3 is 0 Å². The van der Waals surface area contributed by atoms with Crippen molar-refractivity contribution >= 4 is 0 Å². The van der Waals surface area contributed by atoms with E-state index in [-0.39, 0.29) is 0 Å². The largest absolute Gasteiger partial charge is 0.317 e. The van der Waals surface area contributed by atoms with Gasteiger partial charge in [-0.15, -0.1) is 0 Å². The molecular formula is C42H79N7. The van der Waals surface area contributed by atoms with E-state index in [1.165, 1.54) is 194 Å². The Morgan fingerprint density at radius 1 is 0.429 bits per heavy atom. The van der Waals surface area contributed by atoms with E-state index >= 15 is 0 Å². The van der Waals surface area contributed by atoms with Crippen LogP contribution >= 0.6 is 0 Å². The van der Waals surface area contributed by atoms with Crippen LogP contribution in [0.3, 0.4) is 0 Å². The molecule has 282 valence electrons. The molecule has 8 unspecified atom stereocenters.